The van der Waals surface area contributed by atoms with Crippen molar-refractivity contribution in [2.24, 2.45) is 0 Å². The molecule has 154 valence electrons. The zero-order valence-electron chi connectivity index (χ0n) is 16.7. The molecule has 1 aromatic heterocycles. The molecule has 8 heteroatoms. The minimum absolute atomic E-state index is 0.295. The van der Waals surface area contributed by atoms with Crippen molar-refractivity contribution in [1.29, 1.82) is 0 Å². The van der Waals surface area contributed by atoms with E-state index in [1.807, 2.05) is 24.3 Å². The fourth-order valence-corrected chi connectivity index (χ4v) is 3.71. The number of fused-ring (bicyclic) bond motifs is 1. The molecule has 4 rings (SSSR count). The van der Waals surface area contributed by atoms with Gasteiger partial charge in [-0.15, -0.1) is 0 Å². The van der Waals surface area contributed by atoms with Crippen molar-refractivity contribution in [3.05, 3.63) is 77.4 Å². The average molecular weight is 406 g/mol. The molecule has 0 spiro atoms. The quantitative estimate of drug-likeness (QED) is 0.648. The predicted molar refractivity (Wildman–Crippen MR) is 111 cm³/mol. The van der Waals surface area contributed by atoms with Gasteiger partial charge in [0.25, 0.3) is 0 Å². The number of rotatable bonds is 4. The second kappa shape index (κ2) is 8.28. The number of methoxy groups -OCH3 is 2. The molecule has 2 amide bonds. The van der Waals surface area contributed by atoms with Crippen molar-refractivity contribution in [2.45, 2.75) is 12.5 Å². The summed E-state index contributed by atoms with van der Waals surface area (Å²) in [6, 6.07) is 13.6. The van der Waals surface area contributed by atoms with Gasteiger partial charge in [0.1, 0.15) is 11.8 Å². The van der Waals surface area contributed by atoms with E-state index in [4.69, 9.17) is 9.47 Å². The van der Waals surface area contributed by atoms with Crippen LogP contribution in [0.4, 0.5) is 10.5 Å². The van der Waals surface area contributed by atoms with Crippen LogP contribution in [-0.4, -0.2) is 47.6 Å². The molecule has 0 unspecified atom stereocenters. The normalized spacial score (nSPS) is 15.3. The van der Waals surface area contributed by atoms with Crippen molar-refractivity contribution >= 4 is 17.7 Å². The van der Waals surface area contributed by atoms with Gasteiger partial charge < -0.3 is 24.7 Å². The lowest BCUT2D eigenvalue weighted by Gasteiger charge is -2.35. The second-order valence-electron chi connectivity index (χ2n) is 6.86. The number of aromatic amines is 1. The fourth-order valence-electron chi connectivity index (χ4n) is 3.71. The van der Waals surface area contributed by atoms with E-state index in [0.717, 1.165) is 17.0 Å². The number of imidazole rings is 1. The van der Waals surface area contributed by atoms with Crippen LogP contribution in [0.5, 0.6) is 5.75 Å². The van der Waals surface area contributed by atoms with Gasteiger partial charge in [0.2, 0.25) is 0 Å². The van der Waals surface area contributed by atoms with Gasteiger partial charge in [0.15, 0.2) is 0 Å². The van der Waals surface area contributed by atoms with Gasteiger partial charge in [0.05, 0.1) is 37.5 Å². The first-order valence-corrected chi connectivity index (χ1v) is 9.53. The topological polar surface area (TPSA) is 96.6 Å². The maximum atomic E-state index is 13.3. The number of amides is 2. The summed E-state index contributed by atoms with van der Waals surface area (Å²) in [6.45, 7) is 0.489. The number of nitrogens with one attached hydrogen (secondary N) is 2. The molecule has 1 atom stereocenters. The number of urea groups is 1. The largest absolute Gasteiger partial charge is 0.497 e. The zero-order chi connectivity index (χ0) is 21.1. The second-order valence-corrected chi connectivity index (χ2v) is 6.86. The number of carbonyl (C=O) groups is 2. The first kappa shape index (κ1) is 19.5. The number of ether oxygens (including phenoxy) is 2. The summed E-state index contributed by atoms with van der Waals surface area (Å²) < 4.78 is 10.2. The van der Waals surface area contributed by atoms with E-state index in [1.54, 1.807) is 42.6 Å². The van der Waals surface area contributed by atoms with Crippen molar-refractivity contribution in [2.75, 3.05) is 26.1 Å². The molecule has 30 heavy (non-hydrogen) atoms. The lowest BCUT2D eigenvalue weighted by molar-refractivity contribution is 0.0602. The number of anilines is 1. The number of hydrogen-bond acceptors (Lipinski definition) is 5. The van der Waals surface area contributed by atoms with Gasteiger partial charge in [-0.1, -0.05) is 24.3 Å². The van der Waals surface area contributed by atoms with Crippen LogP contribution in [0, 0.1) is 0 Å². The number of nitrogens with zero attached hydrogens (tertiary/aromatic N) is 2. The van der Waals surface area contributed by atoms with Crippen LogP contribution >= 0.6 is 0 Å². The number of para-hydroxylation sites is 1. The van der Waals surface area contributed by atoms with E-state index in [0.29, 0.717) is 30.0 Å². The maximum Gasteiger partial charge on any atom is 0.339 e. The molecule has 3 aromatic rings. The maximum absolute atomic E-state index is 13.3. The Hall–Kier alpha value is -3.81. The minimum atomic E-state index is -0.511. The van der Waals surface area contributed by atoms with Gasteiger partial charge >= 0.3 is 12.0 Å². The summed E-state index contributed by atoms with van der Waals surface area (Å²) in [5.74, 6) is 0.190. The Kier molecular flexibility index (Phi) is 5.38. The molecule has 0 saturated heterocycles. The Morgan fingerprint density at radius 1 is 1.17 bits per heavy atom. The molecule has 1 aliphatic heterocycles. The summed E-state index contributed by atoms with van der Waals surface area (Å²) in [7, 11) is 2.91. The molecular weight excluding hydrogens is 384 g/mol. The molecule has 2 N–H and O–H groups in total. The SMILES string of the molecule is COC(=O)c1ccccc1NC(=O)N1CCc2[nH]cnc2[C@H]1c1cccc(OC)c1. The number of hydrogen-bond donors (Lipinski definition) is 2. The first-order valence-electron chi connectivity index (χ1n) is 9.53. The van der Waals surface area contributed by atoms with E-state index in [9.17, 15) is 9.59 Å². The smallest absolute Gasteiger partial charge is 0.339 e. The lowest BCUT2D eigenvalue weighted by Crippen LogP contribution is -2.43. The fraction of sp³-hybridized carbons (Fsp3) is 0.227. The Bertz CT molecular complexity index is 1080. The molecule has 8 nitrogen and oxygen atoms in total. The third-order valence-electron chi connectivity index (χ3n) is 5.17. The highest BCUT2D eigenvalue weighted by atomic mass is 16.5. The van der Waals surface area contributed by atoms with Gasteiger partial charge in [-0.3, -0.25) is 0 Å². The van der Waals surface area contributed by atoms with Crippen LogP contribution in [0.2, 0.25) is 0 Å². The van der Waals surface area contributed by atoms with Crippen LogP contribution in [0.3, 0.4) is 0 Å². The number of esters is 1. The lowest BCUT2D eigenvalue weighted by atomic mass is 9.96. The van der Waals surface area contributed by atoms with E-state index < -0.39 is 5.97 Å². The van der Waals surface area contributed by atoms with E-state index in [1.165, 1.54) is 7.11 Å². The highest BCUT2D eigenvalue weighted by molar-refractivity contribution is 6.01. The molecule has 1 aliphatic rings. The van der Waals surface area contributed by atoms with Crippen LogP contribution < -0.4 is 10.1 Å². The zero-order valence-corrected chi connectivity index (χ0v) is 16.7. The third kappa shape index (κ3) is 3.59. The minimum Gasteiger partial charge on any atom is -0.497 e. The average Bonchev–Trinajstić information content (AvgIpc) is 3.27. The standard InChI is InChI=1S/C22H22N4O4/c1-29-15-7-5-6-14(12-15)20-19-18(23-13-24-19)10-11-26(20)22(28)25-17-9-4-3-8-16(17)21(27)30-2/h3-9,12-13,20H,10-11H2,1-2H3,(H,23,24)(H,25,28)/t20-/m1/s1. The van der Waals surface area contributed by atoms with E-state index >= 15 is 0 Å². The molecule has 0 aliphatic carbocycles. The number of benzene rings is 2. The summed E-state index contributed by atoms with van der Waals surface area (Å²) >= 11 is 0. The van der Waals surface area contributed by atoms with Gasteiger partial charge in [-0.05, 0) is 29.8 Å². The summed E-state index contributed by atoms with van der Waals surface area (Å²) in [5, 5.41) is 2.86. The van der Waals surface area contributed by atoms with Gasteiger partial charge in [0, 0.05) is 18.7 Å². The van der Waals surface area contributed by atoms with Crippen molar-refractivity contribution < 1.29 is 19.1 Å². The summed E-state index contributed by atoms with van der Waals surface area (Å²) in [4.78, 5) is 34.7. The molecule has 2 heterocycles. The van der Waals surface area contributed by atoms with Crippen molar-refractivity contribution in [1.82, 2.24) is 14.9 Å². The van der Waals surface area contributed by atoms with Gasteiger partial charge in [-0.2, -0.15) is 0 Å². The van der Waals surface area contributed by atoms with E-state index in [2.05, 4.69) is 15.3 Å². The first-order chi connectivity index (χ1) is 14.6. The summed E-state index contributed by atoms with van der Waals surface area (Å²) in [6.07, 6.45) is 2.30. The van der Waals surface area contributed by atoms with E-state index in [-0.39, 0.29) is 12.1 Å². The molecule has 0 radical (unpaired) electrons. The Balaban J connectivity index is 1.69. The van der Waals surface area contributed by atoms with Crippen molar-refractivity contribution in [3.63, 3.8) is 0 Å². The highest BCUT2D eigenvalue weighted by Gasteiger charge is 2.34. The third-order valence-corrected chi connectivity index (χ3v) is 5.17. The molecule has 2 aromatic carbocycles. The Morgan fingerprint density at radius 2 is 2.00 bits per heavy atom. The Labute approximate surface area is 173 Å². The monoisotopic (exact) mass is 406 g/mol. The van der Waals surface area contributed by atoms with Crippen LogP contribution in [0.25, 0.3) is 0 Å². The highest BCUT2D eigenvalue weighted by Crippen LogP contribution is 2.35. The van der Waals surface area contributed by atoms with Crippen LogP contribution in [-0.2, 0) is 11.2 Å². The summed E-state index contributed by atoms with van der Waals surface area (Å²) in [5.41, 5.74) is 3.38. The van der Waals surface area contributed by atoms with Crippen LogP contribution in [0.1, 0.15) is 33.4 Å². The van der Waals surface area contributed by atoms with Crippen molar-refractivity contribution in [3.8, 4) is 5.75 Å². The Morgan fingerprint density at radius 3 is 2.80 bits per heavy atom. The molecule has 0 saturated carbocycles. The molecule has 0 fully saturated rings. The number of H-pyrrole nitrogens is 1. The number of aromatic nitrogens is 2. The molecular formula is C22H22N4O4. The molecule has 0 bridgehead atoms. The van der Waals surface area contributed by atoms with Crippen LogP contribution in [0.15, 0.2) is 54.9 Å². The number of carbonyl (C=O) groups excluding carboxylic acids is 2. The van der Waals surface area contributed by atoms with Gasteiger partial charge in [-0.25, -0.2) is 14.6 Å². The predicted octanol–water partition coefficient (Wildman–Crippen LogP) is 3.38.